The van der Waals surface area contributed by atoms with Crippen molar-refractivity contribution in [2.75, 3.05) is 12.3 Å². The van der Waals surface area contributed by atoms with Gasteiger partial charge in [-0.1, -0.05) is 36.4 Å². The van der Waals surface area contributed by atoms with Crippen LogP contribution in [0.4, 0.5) is 5.95 Å². The van der Waals surface area contributed by atoms with E-state index in [9.17, 15) is 5.11 Å². The van der Waals surface area contributed by atoms with Crippen LogP contribution in [0.1, 0.15) is 18.1 Å². The molecule has 4 aromatic rings. The van der Waals surface area contributed by atoms with Crippen molar-refractivity contribution in [1.82, 2.24) is 9.97 Å². The third-order valence-corrected chi connectivity index (χ3v) is 5.02. The summed E-state index contributed by atoms with van der Waals surface area (Å²) in [5.41, 5.74) is 8.85. The zero-order chi connectivity index (χ0) is 23.2. The maximum atomic E-state index is 10.8. The van der Waals surface area contributed by atoms with E-state index in [4.69, 9.17) is 19.9 Å². The minimum atomic E-state index is -0.0154. The molecule has 33 heavy (non-hydrogen) atoms. The van der Waals surface area contributed by atoms with Gasteiger partial charge in [0.05, 0.1) is 12.8 Å². The summed E-state index contributed by atoms with van der Waals surface area (Å²) >= 11 is 0. The lowest BCUT2D eigenvalue weighted by atomic mass is 10.1. The molecule has 0 bridgehead atoms. The molecule has 168 valence electrons. The fraction of sp³-hybridized carbons (Fsp3) is 0.154. The highest BCUT2D eigenvalue weighted by molar-refractivity contribution is 5.74. The van der Waals surface area contributed by atoms with E-state index in [2.05, 4.69) is 9.97 Å². The Balaban J connectivity index is 1.61. The van der Waals surface area contributed by atoms with Crippen LogP contribution < -0.4 is 19.9 Å². The molecule has 0 radical (unpaired) electrons. The lowest BCUT2D eigenvalue weighted by Gasteiger charge is -2.15. The maximum Gasteiger partial charge on any atom is 0.220 e. The summed E-state index contributed by atoms with van der Waals surface area (Å²) in [6.07, 6.45) is 1.47. The molecule has 4 rings (SSSR count). The number of nitrogen functional groups attached to an aromatic ring is 1. The van der Waals surface area contributed by atoms with E-state index < -0.39 is 0 Å². The first-order chi connectivity index (χ1) is 16.0. The Morgan fingerprint density at radius 3 is 2.42 bits per heavy atom. The van der Waals surface area contributed by atoms with Crippen molar-refractivity contribution in [2.45, 2.75) is 20.5 Å². The molecule has 0 amide bonds. The number of phenolic OH excluding ortho intramolecular Hbond substituents is 1. The predicted octanol–water partition coefficient (Wildman–Crippen LogP) is 5.51. The summed E-state index contributed by atoms with van der Waals surface area (Å²) in [7, 11) is 0. The summed E-state index contributed by atoms with van der Waals surface area (Å²) in [4.78, 5) is 8.36. The number of para-hydroxylation sites is 2. The standard InChI is InChI=1S/C26H25N3O4/c1-3-31-22-10-6-7-11-23(22)33-24-15-28-26(27)29-25(24)20-13-12-19(14-21(20)30)32-16-18-9-5-4-8-17(18)2/h4-15,30H,3,16H2,1-2H3,(H2,27,28,29). The Morgan fingerprint density at radius 2 is 1.67 bits per heavy atom. The van der Waals surface area contributed by atoms with Crippen molar-refractivity contribution in [3.05, 3.63) is 84.1 Å². The molecule has 0 saturated carbocycles. The number of aromatic hydroxyl groups is 1. The molecule has 0 spiro atoms. The Hall–Kier alpha value is -4.26. The molecule has 0 atom stereocenters. The second kappa shape index (κ2) is 9.91. The number of aromatic nitrogens is 2. The number of anilines is 1. The molecular formula is C26H25N3O4. The van der Waals surface area contributed by atoms with E-state index in [1.807, 2.05) is 56.3 Å². The molecule has 0 unspecified atom stereocenters. The molecule has 0 aliphatic carbocycles. The first kappa shape index (κ1) is 22.0. The molecule has 7 heteroatoms. The number of ether oxygens (including phenoxy) is 3. The zero-order valence-corrected chi connectivity index (χ0v) is 18.5. The molecule has 0 aliphatic heterocycles. The van der Waals surface area contributed by atoms with Gasteiger partial charge in [0.15, 0.2) is 17.2 Å². The van der Waals surface area contributed by atoms with Gasteiger partial charge < -0.3 is 25.1 Å². The van der Waals surface area contributed by atoms with Gasteiger partial charge in [0, 0.05) is 11.6 Å². The zero-order valence-electron chi connectivity index (χ0n) is 18.5. The number of hydrogen-bond donors (Lipinski definition) is 2. The van der Waals surface area contributed by atoms with Gasteiger partial charge in [-0.25, -0.2) is 9.97 Å². The van der Waals surface area contributed by atoms with Crippen LogP contribution in [0.25, 0.3) is 11.3 Å². The smallest absolute Gasteiger partial charge is 0.220 e. The number of nitrogens with two attached hydrogens (primary N) is 1. The Bertz CT molecular complexity index is 1260. The van der Waals surface area contributed by atoms with E-state index in [1.165, 1.54) is 6.20 Å². The average Bonchev–Trinajstić information content (AvgIpc) is 2.81. The van der Waals surface area contributed by atoms with Gasteiger partial charge in [0.1, 0.15) is 23.8 Å². The van der Waals surface area contributed by atoms with Gasteiger partial charge in [0.25, 0.3) is 0 Å². The second-order valence-corrected chi connectivity index (χ2v) is 7.32. The van der Waals surface area contributed by atoms with Crippen LogP contribution in [0.15, 0.2) is 72.9 Å². The van der Waals surface area contributed by atoms with Gasteiger partial charge in [0.2, 0.25) is 5.95 Å². The Labute approximate surface area is 192 Å². The van der Waals surface area contributed by atoms with Gasteiger partial charge in [-0.15, -0.1) is 0 Å². The normalized spacial score (nSPS) is 10.6. The molecule has 1 aromatic heterocycles. The number of benzene rings is 3. The lowest BCUT2D eigenvalue weighted by Crippen LogP contribution is -2.01. The van der Waals surface area contributed by atoms with Crippen LogP contribution in [0.2, 0.25) is 0 Å². The largest absolute Gasteiger partial charge is 0.507 e. The minimum Gasteiger partial charge on any atom is -0.507 e. The molecule has 0 saturated heterocycles. The van der Waals surface area contributed by atoms with Crippen LogP contribution in [-0.4, -0.2) is 21.7 Å². The maximum absolute atomic E-state index is 10.8. The monoisotopic (exact) mass is 443 g/mol. The highest BCUT2D eigenvalue weighted by atomic mass is 16.5. The van der Waals surface area contributed by atoms with Crippen molar-refractivity contribution < 1.29 is 19.3 Å². The highest BCUT2D eigenvalue weighted by Gasteiger charge is 2.17. The quantitative estimate of drug-likeness (QED) is 0.370. The van der Waals surface area contributed by atoms with E-state index in [1.54, 1.807) is 24.3 Å². The van der Waals surface area contributed by atoms with Crippen molar-refractivity contribution >= 4 is 5.95 Å². The van der Waals surface area contributed by atoms with E-state index in [0.717, 1.165) is 11.1 Å². The molecule has 0 fully saturated rings. The molecule has 7 nitrogen and oxygen atoms in total. The van der Waals surface area contributed by atoms with Crippen molar-refractivity contribution in [1.29, 1.82) is 0 Å². The Kier molecular flexibility index (Phi) is 6.59. The Morgan fingerprint density at radius 1 is 0.909 bits per heavy atom. The topological polar surface area (TPSA) is 99.7 Å². The highest BCUT2D eigenvalue weighted by Crippen LogP contribution is 2.40. The van der Waals surface area contributed by atoms with Gasteiger partial charge in [-0.2, -0.15) is 0 Å². The van der Waals surface area contributed by atoms with E-state index >= 15 is 0 Å². The van der Waals surface area contributed by atoms with Crippen LogP contribution >= 0.6 is 0 Å². The number of hydrogen-bond acceptors (Lipinski definition) is 7. The number of rotatable bonds is 8. The SMILES string of the molecule is CCOc1ccccc1Oc1cnc(N)nc1-c1ccc(OCc2ccccc2C)cc1O. The summed E-state index contributed by atoms with van der Waals surface area (Å²) in [5.74, 6) is 2.01. The minimum absolute atomic E-state index is 0.0154. The predicted molar refractivity (Wildman–Crippen MR) is 127 cm³/mol. The van der Waals surface area contributed by atoms with Gasteiger partial charge in [-0.05, 0) is 49.2 Å². The summed E-state index contributed by atoms with van der Waals surface area (Å²) in [6, 6.07) is 20.3. The molecule has 3 N–H and O–H groups in total. The lowest BCUT2D eigenvalue weighted by molar-refractivity contribution is 0.303. The van der Waals surface area contributed by atoms with Crippen molar-refractivity contribution in [2.24, 2.45) is 0 Å². The molecule has 3 aromatic carbocycles. The van der Waals surface area contributed by atoms with Crippen LogP contribution in [0.3, 0.4) is 0 Å². The second-order valence-electron chi connectivity index (χ2n) is 7.32. The fourth-order valence-corrected chi connectivity index (χ4v) is 3.31. The fourth-order valence-electron chi connectivity index (χ4n) is 3.31. The van der Waals surface area contributed by atoms with Crippen molar-refractivity contribution in [3.8, 4) is 40.0 Å². The third kappa shape index (κ3) is 5.15. The van der Waals surface area contributed by atoms with Crippen LogP contribution in [-0.2, 0) is 6.61 Å². The number of nitrogens with zero attached hydrogens (tertiary/aromatic N) is 2. The summed E-state index contributed by atoms with van der Waals surface area (Å²) in [6.45, 7) is 4.82. The summed E-state index contributed by atoms with van der Waals surface area (Å²) < 4.78 is 17.6. The third-order valence-electron chi connectivity index (χ3n) is 5.02. The van der Waals surface area contributed by atoms with Gasteiger partial charge in [-0.3, -0.25) is 0 Å². The van der Waals surface area contributed by atoms with Gasteiger partial charge >= 0.3 is 0 Å². The first-order valence-corrected chi connectivity index (χ1v) is 10.6. The number of phenols is 1. The van der Waals surface area contributed by atoms with E-state index in [-0.39, 0.29) is 11.7 Å². The van der Waals surface area contributed by atoms with Crippen LogP contribution in [0.5, 0.6) is 28.7 Å². The number of aryl methyl sites for hydroxylation is 1. The average molecular weight is 444 g/mol. The summed E-state index contributed by atoms with van der Waals surface area (Å²) in [5, 5.41) is 10.8. The molecule has 0 aliphatic rings. The van der Waals surface area contributed by atoms with Crippen LogP contribution in [0, 0.1) is 6.92 Å². The molecular weight excluding hydrogens is 418 g/mol. The van der Waals surface area contributed by atoms with Crippen molar-refractivity contribution in [3.63, 3.8) is 0 Å². The first-order valence-electron chi connectivity index (χ1n) is 10.6. The van der Waals surface area contributed by atoms with E-state index in [0.29, 0.717) is 47.5 Å². The molecule has 1 heterocycles.